The van der Waals surface area contributed by atoms with Crippen LogP contribution < -0.4 is 5.73 Å². The molecule has 2 heterocycles. The third-order valence-corrected chi connectivity index (χ3v) is 3.50. The Kier molecular flexibility index (Phi) is 2.35. The monoisotopic (exact) mass is 246 g/mol. The summed E-state index contributed by atoms with van der Waals surface area (Å²) >= 11 is 1.28. The summed E-state index contributed by atoms with van der Waals surface area (Å²) in [6.07, 6.45) is 2.42. The molecule has 0 saturated heterocycles. The Bertz CT molecular complexity index is 659. The second kappa shape index (κ2) is 3.87. The Labute approximate surface area is 101 Å². The molecule has 0 saturated carbocycles. The molecule has 17 heavy (non-hydrogen) atoms. The molecule has 0 aliphatic heterocycles. The number of furan rings is 1. The normalized spacial score (nSPS) is 13.0. The first-order valence-corrected chi connectivity index (χ1v) is 5.93. The van der Waals surface area contributed by atoms with Crippen LogP contribution in [0, 0.1) is 0 Å². The van der Waals surface area contributed by atoms with Crippen LogP contribution >= 0.6 is 11.3 Å². The van der Waals surface area contributed by atoms with Crippen molar-refractivity contribution in [3.05, 3.63) is 47.2 Å². The second-order valence-electron chi connectivity index (χ2n) is 3.69. The summed E-state index contributed by atoms with van der Waals surface area (Å²) < 4.78 is 5.39. The first-order chi connectivity index (χ1) is 8.25. The third kappa shape index (κ3) is 1.69. The number of aromatic nitrogens is 1. The van der Waals surface area contributed by atoms with Crippen LogP contribution in [0.15, 0.2) is 41.1 Å². The highest BCUT2D eigenvalue weighted by atomic mass is 32.1. The number of rotatable bonds is 2. The minimum atomic E-state index is -0.742. The fraction of sp³-hybridized carbons (Fsp3) is 0.0833. The molecule has 4 nitrogen and oxygen atoms in total. The number of aliphatic hydroxyl groups is 1. The van der Waals surface area contributed by atoms with Crippen molar-refractivity contribution < 1.29 is 9.52 Å². The molecule has 5 heteroatoms. The number of hydrogen-bond donors (Lipinski definition) is 2. The quantitative estimate of drug-likeness (QED) is 0.729. The molecule has 0 spiro atoms. The fourth-order valence-corrected chi connectivity index (χ4v) is 2.48. The first-order valence-electron chi connectivity index (χ1n) is 5.11. The van der Waals surface area contributed by atoms with Gasteiger partial charge < -0.3 is 15.3 Å². The van der Waals surface area contributed by atoms with Gasteiger partial charge in [0.2, 0.25) is 0 Å². The fourth-order valence-electron chi connectivity index (χ4n) is 1.79. The highest BCUT2D eigenvalue weighted by Gasteiger charge is 2.18. The van der Waals surface area contributed by atoms with E-state index in [4.69, 9.17) is 10.2 Å². The molecule has 0 bridgehead atoms. The van der Waals surface area contributed by atoms with Crippen LogP contribution in [0.1, 0.15) is 16.5 Å². The Balaban J connectivity index is 2.09. The van der Waals surface area contributed by atoms with Crippen LogP contribution in [0.5, 0.6) is 0 Å². The highest BCUT2D eigenvalue weighted by molar-refractivity contribution is 7.15. The minimum absolute atomic E-state index is 0.451. The van der Waals surface area contributed by atoms with Gasteiger partial charge in [-0.2, -0.15) is 0 Å². The molecule has 3 N–H and O–H groups in total. The van der Waals surface area contributed by atoms with Gasteiger partial charge in [-0.15, -0.1) is 0 Å². The molecule has 2 aromatic heterocycles. The van der Waals surface area contributed by atoms with E-state index in [2.05, 4.69) is 4.98 Å². The van der Waals surface area contributed by atoms with Crippen LogP contribution in [0.3, 0.4) is 0 Å². The van der Waals surface area contributed by atoms with Crippen molar-refractivity contribution in [1.29, 1.82) is 0 Å². The summed E-state index contributed by atoms with van der Waals surface area (Å²) in [4.78, 5) is 4.65. The Morgan fingerprint density at radius 1 is 1.35 bits per heavy atom. The zero-order valence-electron chi connectivity index (χ0n) is 8.83. The summed E-state index contributed by atoms with van der Waals surface area (Å²) in [6.45, 7) is 0. The van der Waals surface area contributed by atoms with E-state index in [9.17, 15) is 5.11 Å². The van der Waals surface area contributed by atoms with Crippen molar-refractivity contribution in [3.63, 3.8) is 0 Å². The summed E-state index contributed by atoms with van der Waals surface area (Å²) in [5, 5.41) is 11.6. The molecule has 0 amide bonds. The highest BCUT2D eigenvalue weighted by Crippen LogP contribution is 2.33. The number of aliphatic hydroxyl groups excluding tert-OH is 1. The lowest BCUT2D eigenvalue weighted by Gasteiger charge is -2.04. The van der Waals surface area contributed by atoms with E-state index < -0.39 is 6.10 Å². The predicted molar refractivity (Wildman–Crippen MR) is 66.8 cm³/mol. The van der Waals surface area contributed by atoms with E-state index in [0.29, 0.717) is 10.0 Å². The number of anilines is 1. The van der Waals surface area contributed by atoms with Crippen LogP contribution in [-0.4, -0.2) is 10.1 Å². The largest absolute Gasteiger partial charge is 0.464 e. The van der Waals surface area contributed by atoms with Crippen molar-refractivity contribution in [2.45, 2.75) is 6.10 Å². The van der Waals surface area contributed by atoms with Crippen LogP contribution in [0.4, 0.5) is 5.13 Å². The van der Waals surface area contributed by atoms with E-state index in [1.54, 1.807) is 12.5 Å². The van der Waals surface area contributed by atoms with Gasteiger partial charge in [0.05, 0.1) is 11.1 Å². The number of nitrogens with zero attached hydrogens (tertiary/aromatic N) is 1. The summed E-state index contributed by atoms with van der Waals surface area (Å²) in [5.41, 5.74) is 7.06. The number of nitrogen functional groups attached to an aromatic ring is 1. The molecular weight excluding hydrogens is 236 g/mol. The van der Waals surface area contributed by atoms with E-state index in [0.717, 1.165) is 16.5 Å². The molecular formula is C12H10N2O2S. The molecule has 3 rings (SSSR count). The van der Waals surface area contributed by atoms with E-state index in [-0.39, 0.29) is 0 Å². The van der Waals surface area contributed by atoms with Crippen molar-refractivity contribution >= 4 is 27.4 Å². The molecule has 0 radical (unpaired) electrons. The predicted octanol–water partition coefficient (Wildman–Crippen LogP) is 2.55. The van der Waals surface area contributed by atoms with Crippen molar-refractivity contribution in [2.75, 3.05) is 5.73 Å². The standard InChI is InChI=1S/C12H10N2O2S/c13-12-14-5-10(17-12)11(15)8-6-16-9-4-2-1-3-7(8)9/h1-6,11,15H,(H2,13,14). The summed E-state index contributed by atoms with van der Waals surface area (Å²) in [6, 6.07) is 7.59. The number of benzene rings is 1. The topological polar surface area (TPSA) is 72.3 Å². The van der Waals surface area contributed by atoms with E-state index >= 15 is 0 Å². The molecule has 0 fully saturated rings. The van der Waals surface area contributed by atoms with Crippen molar-refractivity contribution in [2.24, 2.45) is 0 Å². The molecule has 1 aromatic carbocycles. The maximum Gasteiger partial charge on any atom is 0.180 e. The molecule has 0 aliphatic rings. The van der Waals surface area contributed by atoms with E-state index in [1.165, 1.54) is 11.3 Å². The molecule has 1 unspecified atom stereocenters. The number of fused-ring (bicyclic) bond motifs is 1. The Morgan fingerprint density at radius 2 is 2.18 bits per heavy atom. The zero-order chi connectivity index (χ0) is 11.8. The second-order valence-corrected chi connectivity index (χ2v) is 4.78. The van der Waals surface area contributed by atoms with E-state index in [1.807, 2.05) is 24.3 Å². The van der Waals surface area contributed by atoms with Crippen LogP contribution in [0.25, 0.3) is 11.0 Å². The lowest BCUT2D eigenvalue weighted by molar-refractivity contribution is 0.224. The van der Waals surface area contributed by atoms with Gasteiger partial charge in [0.25, 0.3) is 0 Å². The first kappa shape index (κ1) is 10.3. The maximum atomic E-state index is 10.2. The minimum Gasteiger partial charge on any atom is -0.464 e. The molecule has 86 valence electrons. The third-order valence-electron chi connectivity index (χ3n) is 2.62. The smallest absolute Gasteiger partial charge is 0.180 e. The molecule has 3 aromatic rings. The van der Waals surface area contributed by atoms with Gasteiger partial charge in [0.1, 0.15) is 11.7 Å². The van der Waals surface area contributed by atoms with Crippen LogP contribution in [-0.2, 0) is 0 Å². The SMILES string of the molecule is Nc1ncc(C(O)c2coc3ccccc23)s1. The lowest BCUT2D eigenvalue weighted by Crippen LogP contribution is -1.95. The lowest BCUT2D eigenvalue weighted by atomic mass is 10.1. The van der Waals surface area contributed by atoms with Gasteiger partial charge in [-0.1, -0.05) is 29.5 Å². The number of hydrogen-bond acceptors (Lipinski definition) is 5. The number of thiazole rings is 1. The van der Waals surface area contributed by atoms with Gasteiger partial charge in [-0.3, -0.25) is 0 Å². The molecule has 0 aliphatic carbocycles. The average molecular weight is 246 g/mol. The summed E-state index contributed by atoms with van der Waals surface area (Å²) in [7, 11) is 0. The van der Waals surface area contributed by atoms with Gasteiger partial charge in [-0.25, -0.2) is 4.98 Å². The Hall–Kier alpha value is -1.85. The maximum absolute atomic E-state index is 10.2. The number of para-hydroxylation sites is 1. The summed E-state index contributed by atoms with van der Waals surface area (Å²) in [5.74, 6) is 0. The van der Waals surface area contributed by atoms with Crippen molar-refractivity contribution in [3.8, 4) is 0 Å². The Morgan fingerprint density at radius 3 is 2.94 bits per heavy atom. The molecule has 1 atom stereocenters. The number of nitrogens with two attached hydrogens (primary N) is 1. The van der Waals surface area contributed by atoms with Crippen molar-refractivity contribution in [1.82, 2.24) is 4.98 Å². The van der Waals surface area contributed by atoms with Gasteiger partial charge >= 0.3 is 0 Å². The average Bonchev–Trinajstić information content (AvgIpc) is 2.94. The van der Waals surface area contributed by atoms with Gasteiger partial charge in [0.15, 0.2) is 5.13 Å². The van der Waals surface area contributed by atoms with Crippen LogP contribution in [0.2, 0.25) is 0 Å². The zero-order valence-corrected chi connectivity index (χ0v) is 9.65. The van der Waals surface area contributed by atoms with Gasteiger partial charge in [0, 0.05) is 17.1 Å². The van der Waals surface area contributed by atoms with Gasteiger partial charge in [-0.05, 0) is 6.07 Å².